The van der Waals surface area contributed by atoms with Crippen LogP contribution in [0.5, 0.6) is 17.2 Å². The minimum absolute atomic E-state index is 0.0321. The topological polar surface area (TPSA) is 158 Å². The van der Waals surface area contributed by atoms with E-state index in [-0.39, 0.29) is 37.1 Å². The smallest absolute Gasteiger partial charge is 0.245 e. The van der Waals surface area contributed by atoms with E-state index in [0.717, 1.165) is 5.56 Å². The average molecular weight is 860 g/mol. The van der Waals surface area contributed by atoms with Crippen molar-refractivity contribution in [1.82, 2.24) is 34.1 Å². The molecule has 14 nitrogen and oxygen atoms in total. The summed E-state index contributed by atoms with van der Waals surface area (Å²) in [6.07, 6.45) is 0. The second kappa shape index (κ2) is 15.8. The number of aromatic nitrogens is 4. The predicted octanol–water partition coefficient (Wildman–Crippen LogP) is 4.00. The van der Waals surface area contributed by atoms with Crippen LogP contribution in [0.15, 0.2) is 94.7 Å². The summed E-state index contributed by atoms with van der Waals surface area (Å²) in [7, 11) is -2.44. The highest BCUT2D eigenvalue weighted by Crippen LogP contribution is 2.38. The van der Waals surface area contributed by atoms with Gasteiger partial charge in [-0.3, -0.25) is 0 Å². The number of benzene rings is 4. The lowest BCUT2D eigenvalue weighted by Crippen LogP contribution is -2.57. The third-order valence-electron chi connectivity index (χ3n) is 8.54. The summed E-state index contributed by atoms with van der Waals surface area (Å²) >= 11 is 1.98. The number of nitrogens with one attached hydrogen (secondary N) is 1. The Kier molecular flexibility index (Phi) is 11.5. The summed E-state index contributed by atoms with van der Waals surface area (Å²) in [5.74, 6) is 1.87. The van der Waals surface area contributed by atoms with Crippen molar-refractivity contribution in [3.8, 4) is 28.6 Å². The first-order valence-electron chi connectivity index (χ1n) is 16.1. The zero-order chi connectivity index (χ0) is 37.0. The van der Waals surface area contributed by atoms with Crippen LogP contribution in [-0.2, 0) is 39.7 Å². The van der Waals surface area contributed by atoms with E-state index in [4.69, 9.17) is 14.2 Å². The molecule has 6 rings (SSSR count). The zero-order valence-electron chi connectivity index (χ0n) is 28.9. The molecule has 52 heavy (non-hydrogen) atoms. The van der Waals surface area contributed by atoms with E-state index >= 15 is 8.42 Å². The Morgan fingerprint density at radius 3 is 1.75 bits per heavy atom. The Hall–Kier alpha value is -4.14. The van der Waals surface area contributed by atoms with Crippen LogP contribution in [0.2, 0.25) is 0 Å². The molecule has 1 aliphatic heterocycles. The van der Waals surface area contributed by atoms with Gasteiger partial charge in [0, 0.05) is 35.8 Å². The highest BCUT2D eigenvalue weighted by atomic mass is 127. The number of ether oxygens (including phenoxy) is 3. The molecule has 274 valence electrons. The van der Waals surface area contributed by atoms with E-state index in [1.165, 1.54) is 15.2 Å². The van der Waals surface area contributed by atoms with Crippen molar-refractivity contribution in [1.29, 1.82) is 0 Å². The van der Waals surface area contributed by atoms with Crippen LogP contribution in [0.4, 0.5) is 0 Å². The van der Waals surface area contributed by atoms with E-state index < -0.39 is 29.8 Å². The fourth-order valence-corrected chi connectivity index (χ4v) is 10.3. The Balaban J connectivity index is 1.49. The number of hydrogen-bond donors (Lipinski definition) is 1. The van der Waals surface area contributed by atoms with Crippen LogP contribution in [0.3, 0.4) is 0 Å². The Labute approximate surface area is 316 Å². The zero-order valence-corrected chi connectivity index (χ0v) is 32.7. The van der Waals surface area contributed by atoms with Gasteiger partial charge in [0.2, 0.25) is 25.9 Å². The maximum atomic E-state index is 15.3. The largest absolute Gasteiger partial charge is 0.497 e. The Morgan fingerprint density at radius 2 is 1.27 bits per heavy atom. The lowest BCUT2D eigenvalue weighted by Gasteiger charge is -2.36. The third-order valence-corrected chi connectivity index (χ3v) is 13.0. The van der Waals surface area contributed by atoms with Gasteiger partial charge in [-0.05, 0) is 100 Å². The first-order chi connectivity index (χ1) is 24.9. The highest BCUT2D eigenvalue weighted by Gasteiger charge is 2.39. The average Bonchev–Trinajstić information content (AvgIpc) is 3.59. The number of halogens is 1. The molecule has 1 saturated heterocycles. The molecule has 0 aliphatic carbocycles. The van der Waals surface area contributed by atoms with Crippen molar-refractivity contribution in [2.24, 2.45) is 0 Å². The number of rotatable bonds is 15. The summed E-state index contributed by atoms with van der Waals surface area (Å²) in [6, 6.07) is 23.9. The minimum Gasteiger partial charge on any atom is -0.497 e. The van der Waals surface area contributed by atoms with Gasteiger partial charge >= 0.3 is 0 Å². The number of likely N-dealkylation sites (N-methyl/N-ethyl adjacent to an activating group) is 1. The van der Waals surface area contributed by atoms with Crippen molar-refractivity contribution in [2.75, 3.05) is 41.5 Å². The molecule has 0 atom stereocenters. The molecule has 1 aliphatic rings. The molecule has 17 heteroatoms. The number of sulfonamides is 2. The molecule has 5 aromatic rings. The lowest BCUT2D eigenvalue weighted by molar-refractivity contribution is 0.180. The summed E-state index contributed by atoms with van der Waals surface area (Å²) < 4.78 is 79.1. The van der Waals surface area contributed by atoms with E-state index in [2.05, 4.69) is 20.1 Å². The Morgan fingerprint density at radius 1 is 0.769 bits per heavy atom. The van der Waals surface area contributed by atoms with Crippen molar-refractivity contribution in [3.63, 3.8) is 0 Å². The van der Waals surface area contributed by atoms with Gasteiger partial charge in [-0.15, -0.1) is 10.2 Å². The highest BCUT2D eigenvalue weighted by molar-refractivity contribution is 14.1. The fraction of sp³-hybridized carbons (Fsp3) is 0.286. The summed E-state index contributed by atoms with van der Waals surface area (Å²) in [6.45, 7) is 1.04. The number of methoxy groups -OCH3 is 3. The van der Waals surface area contributed by atoms with Gasteiger partial charge in [-0.2, -0.15) is 9.10 Å². The van der Waals surface area contributed by atoms with Gasteiger partial charge in [0.05, 0.1) is 33.4 Å². The molecule has 0 amide bonds. The van der Waals surface area contributed by atoms with Gasteiger partial charge in [-0.1, -0.05) is 36.4 Å². The second-order valence-electron chi connectivity index (χ2n) is 12.2. The molecular weight excluding hydrogens is 821 g/mol. The van der Waals surface area contributed by atoms with Crippen molar-refractivity contribution in [3.05, 3.63) is 105 Å². The maximum Gasteiger partial charge on any atom is 0.245 e. The van der Waals surface area contributed by atoms with Crippen LogP contribution in [-0.4, -0.2) is 93.8 Å². The van der Waals surface area contributed by atoms with Gasteiger partial charge in [0.1, 0.15) is 27.0 Å². The normalized spacial score (nSPS) is 14.0. The van der Waals surface area contributed by atoms with E-state index in [9.17, 15) is 8.42 Å². The quantitative estimate of drug-likeness (QED) is 0.152. The number of likely N-dealkylation sites (tertiary alicyclic amines) is 1. The van der Waals surface area contributed by atoms with Crippen LogP contribution >= 0.6 is 22.6 Å². The molecule has 4 aromatic carbocycles. The number of nitrogens with zero attached hydrogens (tertiary/aromatic N) is 6. The third kappa shape index (κ3) is 8.39. The van der Waals surface area contributed by atoms with Crippen molar-refractivity contribution < 1.29 is 31.0 Å². The van der Waals surface area contributed by atoms with Crippen molar-refractivity contribution >= 4 is 42.6 Å². The maximum absolute atomic E-state index is 15.3. The van der Waals surface area contributed by atoms with Gasteiger partial charge < -0.3 is 19.1 Å². The molecule has 0 saturated carbocycles. The molecule has 1 N–H and O–H groups in total. The van der Waals surface area contributed by atoms with E-state index in [1.54, 1.807) is 75.9 Å². The molecule has 1 aromatic heterocycles. The predicted molar refractivity (Wildman–Crippen MR) is 202 cm³/mol. The standard InChI is InChI=1S/C35H38IN7O7S2/c1-41-22-27(23-41)39-51(44,45)32-18-17-31(36)33(35-37-40-43(38-35)21-26-9-15-30(50-4)16-10-26)34(32)52(46,47)42(19-24-5-11-28(48-2)12-6-24)20-25-7-13-29(49-3)14-8-25/h5-18,27,39H,19-23H2,1-4H3. The first-order valence-corrected chi connectivity index (χ1v) is 20.1. The summed E-state index contributed by atoms with van der Waals surface area (Å²) in [4.78, 5) is 2.45. The summed E-state index contributed by atoms with van der Waals surface area (Å²) in [5.41, 5.74) is 2.20. The molecule has 2 heterocycles. The van der Waals surface area contributed by atoms with E-state index in [0.29, 0.717) is 45.0 Å². The molecular formula is C35H38IN7O7S2. The van der Waals surface area contributed by atoms with Crippen molar-refractivity contribution in [2.45, 2.75) is 35.5 Å². The lowest BCUT2D eigenvalue weighted by atomic mass is 10.2. The molecule has 0 spiro atoms. The number of tetrazole rings is 1. The summed E-state index contributed by atoms with van der Waals surface area (Å²) in [5, 5.41) is 13.0. The fourth-order valence-electron chi connectivity index (χ4n) is 5.80. The van der Waals surface area contributed by atoms with Gasteiger partial charge in [0.25, 0.3) is 0 Å². The molecule has 0 unspecified atom stereocenters. The van der Waals surface area contributed by atoms with Crippen LogP contribution in [0.25, 0.3) is 11.4 Å². The molecule has 0 radical (unpaired) electrons. The van der Waals surface area contributed by atoms with Crippen LogP contribution in [0.1, 0.15) is 16.7 Å². The van der Waals surface area contributed by atoms with Crippen LogP contribution in [0, 0.1) is 3.57 Å². The van der Waals surface area contributed by atoms with Gasteiger partial charge in [0.15, 0.2) is 0 Å². The van der Waals surface area contributed by atoms with Gasteiger partial charge in [-0.25, -0.2) is 21.6 Å². The number of hydrogen-bond acceptors (Lipinski definition) is 11. The second-order valence-corrected chi connectivity index (χ2v) is 17.0. The van der Waals surface area contributed by atoms with Crippen LogP contribution < -0.4 is 18.9 Å². The Bertz CT molecular complexity index is 2180. The monoisotopic (exact) mass is 859 g/mol. The molecule has 0 bridgehead atoms. The van der Waals surface area contributed by atoms with E-state index in [1.807, 2.05) is 58.8 Å². The first kappa shape index (κ1) is 37.6. The minimum atomic E-state index is -4.63. The molecule has 1 fully saturated rings. The SMILES string of the molecule is COc1ccc(CN(Cc2ccc(OC)cc2)S(=O)(=O)c2c(S(=O)(=O)NC3CN(C)C3)ccc(I)c2-c2nnn(Cc3ccc(OC)cc3)n2)cc1.